The molecule has 2 aromatic carbocycles. The van der Waals surface area contributed by atoms with Crippen molar-refractivity contribution in [2.75, 3.05) is 7.05 Å². The largest absolute Gasteiger partial charge is 0.468 e. The predicted molar refractivity (Wildman–Crippen MR) is 82.7 cm³/mol. The molecular formula is C18H14F3NO2. The van der Waals surface area contributed by atoms with E-state index >= 15 is 0 Å². The van der Waals surface area contributed by atoms with E-state index < -0.39 is 23.2 Å². The number of Topliss-reactive ketones (excluding diaryl/α,β-unsaturated/α-hetero) is 1. The number of hydrogen-bond acceptors (Lipinski definition) is 3. The van der Waals surface area contributed by atoms with Crippen molar-refractivity contribution in [3.05, 3.63) is 77.5 Å². The number of carbonyl (C=O) groups is 1. The molecule has 0 saturated carbocycles. The summed E-state index contributed by atoms with van der Waals surface area (Å²) in [7, 11) is 1.56. The minimum Gasteiger partial charge on any atom is -0.468 e. The Balaban J connectivity index is 2.00. The van der Waals surface area contributed by atoms with Gasteiger partial charge in [-0.3, -0.25) is 10.1 Å². The van der Waals surface area contributed by atoms with E-state index in [2.05, 4.69) is 5.32 Å². The second-order valence-corrected chi connectivity index (χ2v) is 5.35. The summed E-state index contributed by atoms with van der Waals surface area (Å²) in [5.74, 6) is -0.435. The van der Waals surface area contributed by atoms with Gasteiger partial charge in [-0.25, -0.2) is 0 Å². The Morgan fingerprint density at radius 2 is 1.75 bits per heavy atom. The van der Waals surface area contributed by atoms with Crippen LogP contribution in [-0.2, 0) is 21.4 Å². The van der Waals surface area contributed by atoms with Crippen LogP contribution in [0.3, 0.4) is 0 Å². The van der Waals surface area contributed by atoms with Crippen molar-refractivity contribution < 1.29 is 22.7 Å². The topological polar surface area (TPSA) is 38.3 Å². The Morgan fingerprint density at radius 3 is 2.38 bits per heavy atom. The molecule has 0 aliphatic carbocycles. The summed E-state index contributed by atoms with van der Waals surface area (Å²) in [6, 6.07) is 13.4. The van der Waals surface area contributed by atoms with E-state index in [1.807, 2.05) is 0 Å². The first-order chi connectivity index (χ1) is 11.4. The van der Waals surface area contributed by atoms with Crippen molar-refractivity contribution in [3.8, 4) is 0 Å². The lowest BCUT2D eigenvalue weighted by atomic mass is 9.91. The molecule has 1 unspecified atom stereocenters. The second-order valence-electron chi connectivity index (χ2n) is 5.35. The van der Waals surface area contributed by atoms with Gasteiger partial charge in [0.05, 0.1) is 17.4 Å². The third-order valence-electron chi connectivity index (χ3n) is 3.95. The average molecular weight is 333 g/mol. The van der Waals surface area contributed by atoms with E-state index in [4.69, 9.17) is 4.74 Å². The Labute approximate surface area is 136 Å². The maximum absolute atomic E-state index is 12.9. The molecule has 0 spiro atoms. The van der Waals surface area contributed by atoms with Crippen LogP contribution in [-0.4, -0.2) is 12.8 Å². The SMILES string of the molecule is CNC1(c2ccccc2)OC=C(c2cccc(C(F)(F)F)c2)C1=O. The van der Waals surface area contributed by atoms with Gasteiger partial charge in [-0.05, 0) is 24.7 Å². The first-order valence-corrected chi connectivity index (χ1v) is 7.23. The standard InChI is InChI=1S/C18H14F3NO2/c1-22-17(13-7-3-2-4-8-13)16(23)15(11-24-17)12-6-5-9-14(10-12)18(19,20)21/h2-11,22H,1H3. The number of ether oxygens (including phenoxy) is 1. The summed E-state index contributed by atoms with van der Waals surface area (Å²) in [5, 5.41) is 2.84. The lowest BCUT2D eigenvalue weighted by Gasteiger charge is -2.27. The zero-order chi connectivity index (χ0) is 17.4. The highest BCUT2D eigenvalue weighted by molar-refractivity contribution is 6.25. The van der Waals surface area contributed by atoms with Crippen LogP contribution in [0.25, 0.3) is 5.57 Å². The monoisotopic (exact) mass is 333 g/mol. The molecule has 2 aromatic rings. The number of hydrogen-bond donors (Lipinski definition) is 1. The second kappa shape index (κ2) is 5.79. The number of likely N-dealkylation sites (N-methyl/N-ethyl adjacent to an activating group) is 1. The molecule has 24 heavy (non-hydrogen) atoms. The highest BCUT2D eigenvalue weighted by Crippen LogP contribution is 2.38. The molecule has 3 rings (SSSR count). The normalized spacial score (nSPS) is 20.7. The van der Waals surface area contributed by atoms with E-state index in [0.717, 1.165) is 12.1 Å². The fourth-order valence-electron chi connectivity index (χ4n) is 2.69. The summed E-state index contributed by atoms with van der Waals surface area (Å²) in [5.41, 5.74) is -1.39. The molecule has 0 saturated heterocycles. The van der Waals surface area contributed by atoms with Gasteiger partial charge in [0.1, 0.15) is 0 Å². The molecule has 1 aliphatic rings. The van der Waals surface area contributed by atoms with Crippen LogP contribution in [0.1, 0.15) is 16.7 Å². The lowest BCUT2D eigenvalue weighted by Crippen LogP contribution is -2.46. The van der Waals surface area contributed by atoms with Crippen molar-refractivity contribution in [2.24, 2.45) is 0 Å². The van der Waals surface area contributed by atoms with Crippen LogP contribution in [0.15, 0.2) is 60.9 Å². The first-order valence-electron chi connectivity index (χ1n) is 7.23. The van der Waals surface area contributed by atoms with E-state index in [1.54, 1.807) is 37.4 Å². The molecule has 1 aliphatic heterocycles. The molecular weight excluding hydrogens is 319 g/mol. The highest BCUT2D eigenvalue weighted by Gasteiger charge is 2.47. The number of alkyl halides is 3. The minimum absolute atomic E-state index is 0.0966. The van der Waals surface area contributed by atoms with Gasteiger partial charge in [0.15, 0.2) is 0 Å². The number of nitrogens with one attached hydrogen (secondary N) is 1. The maximum atomic E-state index is 12.9. The maximum Gasteiger partial charge on any atom is 0.416 e. The highest BCUT2D eigenvalue weighted by atomic mass is 19.4. The number of rotatable bonds is 3. The fourth-order valence-corrected chi connectivity index (χ4v) is 2.69. The third-order valence-corrected chi connectivity index (χ3v) is 3.95. The Hall–Kier alpha value is -2.60. The van der Waals surface area contributed by atoms with E-state index in [-0.39, 0.29) is 11.1 Å². The summed E-state index contributed by atoms with van der Waals surface area (Å²) >= 11 is 0. The van der Waals surface area contributed by atoms with Crippen molar-refractivity contribution in [2.45, 2.75) is 11.9 Å². The lowest BCUT2D eigenvalue weighted by molar-refractivity contribution is -0.137. The first kappa shape index (κ1) is 16.3. The fraction of sp³-hybridized carbons (Fsp3) is 0.167. The van der Waals surface area contributed by atoms with Crippen LogP contribution in [0.4, 0.5) is 13.2 Å². The van der Waals surface area contributed by atoms with Crippen molar-refractivity contribution in [3.63, 3.8) is 0 Å². The Bertz CT molecular complexity index is 799. The molecule has 3 nitrogen and oxygen atoms in total. The quantitative estimate of drug-likeness (QED) is 0.930. The van der Waals surface area contributed by atoms with Gasteiger partial charge in [-0.2, -0.15) is 13.2 Å². The summed E-state index contributed by atoms with van der Waals surface area (Å²) in [6.45, 7) is 0. The predicted octanol–water partition coefficient (Wildman–Crippen LogP) is 3.72. The van der Waals surface area contributed by atoms with E-state index in [0.29, 0.717) is 5.56 Å². The third kappa shape index (κ3) is 2.59. The molecule has 0 bridgehead atoms. The Morgan fingerprint density at radius 1 is 1.04 bits per heavy atom. The number of carbonyl (C=O) groups excluding carboxylic acids is 1. The van der Waals surface area contributed by atoms with Gasteiger partial charge in [0.2, 0.25) is 11.5 Å². The van der Waals surface area contributed by atoms with Crippen LogP contribution in [0.2, 0.25) is 0 Å². The van der Waals surface area contributed by atoms with Crippen LogP contribution >= 0.6 is 0 Å². The molecule has 0 fully saturated rings. The zero-order valence-corrected chi connectivity index (χ0v) is 12.7. The molecule has 0 amide bonds. The van der Waals surface area contributed by atoms with Crippen LogP contribution < -0.4 is 5.32 Å². The smallest absolute Gasteiger partial charge is 0.416 e. The molecule has 1 N–H and O–H groups in total. The van der Waals surface area contributed by atoms with E-state index in [1.165, 1.54) is 18.4 Å². The van der Waals surface area contributed by atoms with Crippen molar-refractivity contribution in [1.29, 1.82) is 0 Å². The summed E-state index contributed by atoms with van der Waals surface area (Å²) in [6.07, 6.45) is -3.26. The molecule has 1 atom stereocenters. The van der Waals surface area contributed by atoms with Crippen molar-refractivity contribution in [1.82, 2.24) is 5.32 Å². The van der Waals surface area contributed by atoms with Gasteiger partial charge in [-0.1, -0.05) is 42.5 Å². The summed E-state index contributed by atoms with van der Waals surface area (Å²) < 4.78 is 44.2. The van der Waals surface area contributed by atoms with Gasteiger partial charge in [-0.15, -0.1) is 0 Å². The molecule has 1 heterocycles. The molecule has 0 radical (unpaired) electrons. The van der Waals surface area contributed by atoms with Gasteiger partial charge >= 0.3 is 6.18 Å². The Kier molecular flexibility index (Phi) is 3.93. The molecule has 6 heteroatoms. The zero-order valence-electron chi connectivity index (χ0n) is 12.7. The van der Waals surface area contributed by atoms with Gasteiger partial charge in [0, 0.05) is 5.56 Å². The average Bonchev–Trinajstić information content (AvgIpc) is 2.93. The number of halogens is 3. The van der Waals surface area contributed by atoms with Crippen LogP contribution in [0.5, 0.6) is 0 Å². The van der Waals surface area contributed by atoms with Gasteiger partial charge in [0.25, 0.3) is 0 Å². The van der Waals surface area contributed by atoms with Crippen LogP contribution in [0, 0.1) is 0 Å². The molecule has 124 valence electrons. The number of ketones is 1. The van der Waals surface area contributed by atoms with Crippen molar-refractivity contribution >= 4 is 11.4 Å². The van der Waals surface area contributed by atoms with Gasteiger partial charge < -0.3 is 4.74 Å². The minimum atomic E-state index is -4.47. The summed E-state index contributed by atoms with van der Waals surface area (Å²) in [4.78, 5) is 12.9. The number of benzene rings is 2. The molecule has 0 aromatic heterocycles. The van der Waals surface area contributed by atoms with E-state index in [9.17, 15) is 18.0 Å².